The summed E-state index contributed by atoms with van der Waals surface area (Å²) in [6.45, 7) is 0.579. The van der Waals surface area contributed by atoms with Crippen LogP contribution in [0, 0.1) is 5.92 Å². The summed E-state index contributed by atoms with van der Waals surface area (Å²) < 4.78 is 13.0. The van der Waals surface area contributed by atoms with Gasteiger partial charge in [-0.15, -0.1) is 0 Å². The van der Waals surface area contributed by atoms with Gasteiger partial charge in [0, 0.05) is 10.0 Å². The van der Waals surface area contributed by atoms with Crippen LogP contribution in [0.5, 0.6) is 17.2 Å². The number of ether oxygens (including phenoxy) is 2. The van der Waals surface area contributed by atoms with Crippen molar-refractivity contribution >= 4 is 28.1 Å². The number of rotatable bonds is 12. The molecule has 1 amide bonds. The van der Waals surface area contributed by atoms with E-state index >= 15 is 0 Å². The molecule has 4 aromatic carbocycles. The summed E-state index contributed by atoms with van der Waals surface area (Å²) in [5, 5.41) is 2.89. The highest BCUT2D eigenvalue weighted by molar-refractivity contribution is 9.10. The molecule has 0 bridgehead atoms. The third-order valence-electron chi connectivity index (χ3n) is 7.75. The second-order valence-electron chi connectivity index (χ2n) is 10.8. The quantitative estimate of drug-likeness (QED) is 0.160. The van der Waals surface area contributed by atoms with E-state index in [1.54, 1.807) is 6.07 Å². The van der Waals surface area contributed by atoms with Gasteiger partial charge in [-0.3, -0.25) is 4.79 Å². The molecular weight excluding hydrogens is 590 g/mol. The Balaban J connectivity index is 1.22. The van der Waals surface area contributed by atoms with Crippen LogP contribution in [0.3, 0.4) is 0 Å². The minimum Gasteiger partial charge on any atom is -0.493 e. The second kappa shape index (κ2) is 14.8. The Morgan fingerprint density at radius 1 is 0.881 bits per heavy atom. The summed E-state index contributed by atoms with van der Waals surface area (Å²) in [5.74, 6) is 2.44. The van der Waals surface area contributed by atoms with Crippen LogP contribution in [-0.4, -0.2) is 24.8 Å². The molecule has 5 rings (SSSR count). The lowest BCUT2D eigenvalue weighted by Gasteiger charge is -2.22. The molecule has 0 heterocycles. The molecular formula is C36H36BrNO4. The van der Waals surface area contributed by atoms with E-state index in [1.807, 2.05) is 91.0 Å². The summed E-state index contributed by atoms with van der Waals surface area (Å²) in [6.07, 6.45) is 8.59. The van der Waals surface area contributed by atoms with Crippen LogP contribution in [-0.2, 0) is 11.2 Å². The van der Waals surface area contributed by atoms with Crippen molar-refractivity contribution in [3.8, 4) is 28.4 Å². The van der Waals surface area contributed by atoms with Gasteiger partial charge in [-0.05, 0) is 66.3 Å². The molecule has 1 aliphatic carbocycles. The van der Waals surface area contributed by atoms with E-state index in [9.17, 15) is 9.59 Å². The molecule has 42 heavy (non-hydrogen) atoms. The number of hydrogen-bond acceptors (Lipinski definition) is 4. The highest BCUT2D eigenvalue weighted by atomic mass is 79.9. The zero-order valence-corrected chi connectivity index (χ0v) is 25.2. The molecule has 0 spiro atoms. The first kappa shape index (κ1) is 29.6. The Morgan fingerprint density at radius 3 is 2.38 bits per heavy atom. The number of para-hydroxylation sites is 2. The molecule has 0 saturated heterocycles. The van der Waals surface area contributed by atoms with E-state index in [0.717, 1.165) is 45.4 Å². The fourth-order valence-corrected chi connectivity index (χ4v) is 5.84. The Bertz CT molecular complexity index is 1470. The predicted molar refractivity (Wildman–Crippen MR) is 170 cm³/mol. The van der Waals surface area contributed by atoms with E-state index in [0.29, 0.717) is 30.3 Å². The molecule has 216 valence electrons. The van der Waals surface area contributed by atoms with Crippen molar-refractivity contribution in [3.63, 3.8) is 0 Å². The van der Waals surface area contributed by atoms with Crippen LogP contribution in [0.25, 0.3) is 11.1 Å². The van der Waals surface area contributed by atoms with Gasteiger partial charge in [0.2, 0.25) is 0 Å². The van der Waals surface area contributed by atoms with E-state index in [-0.39, 0.29) is 5.91 Å². The zero-order chi connectivity index (χ0) is 29.1. The smallest absolute Gasteiger partial charge is 0.255 e. The zero-order valence-electron chi connectivity index (χ0n) is 23.6. The molecule has 1 saturated carbocycles. The maximum Gasteiger partial charge on any atom is 0.255 e. The van der Waals surface area contributed by atoms with Crippen LogP contribution < -0.4 is 14.8 Å². The number of carbonyl (C=O) groups excluding carboxylic acids is 2. The van der Waals surface area contributed by atoms with Gasteiger partial charge >= 0.3 is 0 Å². The van der Waals surface area contributed by atoms with Crippen molar-refractivity contribution in [2.45, 2.75) is 51.0 Å². The molecule has 6 heteroatoms. The lowest BCUT2D eigenvalue weighted by Crippen LogP contribution is -2.37. The maximum absolute atomic E-state index is 13.3. The van der Waals surface area contributed by atoms with Crippen LogP contribution in [0.1, 0.15) is 54.4 Å². The third-order valence-corrected chi connectivity index (χ3v) is 8.25. The number of amides is 1. The number of nitrogens with one attached hydrogen (secondary N) is 1. The summed E-state index contributed by atoms with van der Waals surface area (Å²) in [5.41, 5.74) is 3.33. The van der Waals surface area contributed by atoms with Crippen molar-refractivity contribution in [1.82, 2.24) is 5.32 Å². The van der Waals surface area contributed by atoms with Gasteiger partial charge in [0.1, 0.15) is 23.5 Å². The van der Waals surface area contributed by atoms with Crippen LogP contribution in [0.15, 0.2) is 102 Å². The normalized spacial score (nSPS) is 14.1. The molecule has 0 aromatic heterocycles. The Hall–Kier alpha value is -3.90. The predicted octanol–water partition coefficient (Wildman–Crippen LogP) is 8.80. The molecule has 1 atom stereocenters. The first-order valence-corrected chi connectivity index (χ1v) is 15.5. The first-order chi connectivity index (χ1) is 20.6. The average molecular weight is 627 g/mol. The standard InChI is InChI=1S/C36H36BrNO4/c37-29-19-20-34(41-22-21-26-9-3-1-4-10-26)33(24-29)36(40)38-30(25-39)23-27-15-17-28(18-16-27)32-13-7-8-14-35(32)42-31-11-5-2-6-12-31/h2,5-8,11-20,24-26,30H,1,3-4,9-10,21-23H2,(H,38,40)/t30-/m0/s1. The second-order valence-corrected chi connectivity index (χ2v) is 11.7. The number of benzene rings is 4. The van der Waals surface area contributed by atoms with Crippen LogP contribution in [0.2, 0.25) is 0 Å². The Labute approximate surface area is 256 Å². The van der Waals surface area contributed by atoms with Crippen molar-refractivity contribution in [2.24, 2.45) is 5.92 Å². The molecule has 0 aliphatic heterocycles. The maximum atomic E-state index is 13.3. The van der Waals surface area contributed by atoms with Gasteiger partial charge in [0.25, 0.3) is 5.91 Å². The van der Waals surface area contributed by atoms with Crippen LogP contribution >= 0.6 is 15.9 Å². The Morgan fingerprint density at radius 2 is 1.62 bits per heavy atom. The van der Waals surface area contributed by atoms with Gasteiger partial charge in [0.15, 0.2) is 0 Å². The highest BCUT2D eigenvalue weighted by Crippen LogP contribution is 2.33. The lowest BCUT2D eigenvalue weighted by molar-refractivity contribution is -0.109. The summed E-state index contributed by atoms with van der Waals surface area (Å²) in [7, 11) is 0. The minimum absolute atomic E-state index is 0.329. The third kappa shape index (κ3) is 8.10. The molecule has 5 nitrogen and oxygen atoms in total. The number of carbonyl (C=O) groups is 2. The molecule has 0 unspecified atom stereocenters. The number of hydrogen-bond donors (Lipinski definition) is 1. The monoisotopic (exact) mass is 625 g/mol. The lowest BCUT2D eigenvalue weighted by atomic mass is 9.87. The van der Waals surface area contributed by atoms with Crippen molar-refractivity contribution in [1.29, 1.82) is 0 Å². The fraction of sp³-hybridized carbons (Fsp3) is 0.278. The van der Waals surface area contributed by atoms with E-state index < -0.39 is 6.04 Å². The molecule has 4 aromatic rings. The van der Waals surface area contributed by atoms with E-state index in [1.165, 1.54) is 32.1 Å². The summed E-state index contributed by atoms with van der Waals surface area (Å²) >= 11 is 3.47. The summed E-state index contributed by atoms with van der Waals surface area (Å²) in [4.78, 5) is 25.3. The number of halogens is 1. The van der Waals surface area contributed by atoms with Crippen molar-refractivity contribution in [2.75, 3.05) is 6.61 Å². The van der Waals surface area contributed by atoms with Gasteiger partial charge in [0.05, 0.1) is 18.2 Å². The fourth-order valence-electron chi connectivity index (χ4n) is 5.48. The molecule has 1 aliphatic rings. The molecule has 0 radical (unpaired) electrons. The summed E-state index contributed by atoms with van der Waals surface area (Å²) in [6, 6.07) is 30.3. The first-order valence-electron chi connectivity index (χ1n) is 14.7. The van der Waals surface area contributed by atoms with Gasteiger partial charge in [-0.2, -0.15) is 0 Å². The topological polar surface area (TPSA) is 64.6 Å². The van der Waals surface area contributed by atoms with Crippen LogP contribution in [0.4, 0.5) is 0 Å². The van der Waals surface area contributed by atoms with Gasteiger partial charge < -0.3 is 19.6 Å². The molecule has 1 N–H and O–H groups in total. The minimum atomic E-state index is -0.675. The SMILES string of the molecule is O=C[C@H](Cc1ccc(-c2ccccc2Oc2ccccc2)cc1)NC(=O)c1cc(Br)ccc1OCCC1CCCCC1. The Kier molecular flexibility index (Phi) is 10.4. The van der Waals surface area contributed by atoms with Gasteiger partial charge in [-0.25, -0.2) is 0 Å². The van der Waals surface area contributed by atoms with E-state index in [4.69, 9.17) is 9.47 Å². The average Bonchev–Trinajstić information content (AvgIpc) is 3.03. The largest absolute Gasteiger partial charge is 0.493 e. The van der Waals surface area contributed by atoms with E-state index in [2.05, 4.69) is 21.2 Å². The van der Waals surface area contributed by atoms with Crippen molar-refractivity contribution in [3.05, 3.63) is 113 Å². The molecule has 1 fully saturated rings. The van der Waals surface area contributed by atoms with Crippen molar-refractivity contribution < 1.29 is 19.1 Å². The highest BCUT2D eigenvalue weighted by Gasteiger charge is 2.19. The number of aldehydes is 1. The van der Waals surface area contributed by atoms with Gasteiger partial charge in [-0.1, -0.05) is 109 Å².